The zero-order valence-electron chi connectivity index (χ0n) is 13.1. The van der Waals surface area contributed by atoms with Gasteiger partial charge in [-0.1, -0.05) is 41.4 Å². The van der Waals surface area contributed by atoms with Crippen molar-refractivity contribution in [2.24, 2.45) is 0 Å². The fourth-order valence-electron chi connectivity index (χ4n) is 2.88. The Morgan fingerprint density at radius 1 is 1.12 bits per heavy atom. The Morgan fingerprint density at radius 3 is 2.58 bits per heavy atom. The minimum Gasteiger partial charge on any atom is -0.340 e. The van der Waals surface area contributed by atoms with Gasteiger partial charge in [-0.25, -0.2) is 0 Å². The van der Waals surface area contributed by atoms with Gasteiger partial charge in [-0.2, -0.15) is 0 Å². The predicted octanol–water partition coefficient (Wildman–Crippen LogP) is 3.70. The number of hydrogen-bond donors (Lipinski definition) is 1. The Balaban J connectivity index is 1.99. The monoisotopic (exact) mass is 362 g/mol. The van der Waals surface area contributed by atoms with Crippen LogP contribution in [0.4, 0.5) is 5.69 Å². The molecule has 0 saturated heterocycles. The SMILES string of the molecule is CCN1C(=O)C(Cc2ccccc2Cl)NC(=O)c2cc(Cl)ccc21. The van der Waals surface area contributed by atoms with Crippen LogP contribution in [0.5, 0.6) is 0 Å². The molecule has 1 N–H and O–H groups in total. The van der Waals surface area contributed by atoms with Crippen molar-refractivity contribution in [2.45, 2.75) is 19.4 Å². The average Bonchev–Trinajstić information content (AvgIpc) is 2.66. The lowest BCUT2D eigenvalue weighted by molar-refractivity contribution is -0.120. The highest BCUT2D eigenvalue weighted by atomic mass is 35.5. The van der Waals surface area contributed by atoms with E-state index < -0.39 is 6.04 Å². The van der Waals surface area contributed by atoms with Crippen molar-refractivity contribution in [3.63, 3.8) is 0 Å². The van der Waals surface area contributed by atoms with E-state index in [4.69, 9.17) is 23.2 Å². The van der Waals surface area contributed by atoms with Crippen LogP contribution in [0, 0.1) is 0 Å². The van der Waals surface area contributed by atoms with Gasteiger partial charge < -0.3 is 10.2 Å². The van der Waals surface area contributed by atoms with E-state index in [2.05, 4.69) is 5.32 Å². The van der Waals surface area contributed by atoms with Gasteiger partial charge in [0.15, 0.2) is 0 Å². The van der Waals surface area contributed by atoms with Gasteiger partial charge in [-0.15, -0.1) is 0 Å². The first kappa shape index (κ1) is 16.8. The molecule has 1 aliphatic rings. The van der Waals surface area contributed by atoms with Gasteiger partial charge in [0.05, 0.1) is 11.3 Å². The highest BCUT2D eigenvalue weighted by Crippen LogP contribution is 2.28. The summed E-state index contributed by atoms with van der Waals surface area (Å²) in [6.45, 7) is 2.33. The zero-order valence-corrected chi connectivity index (χ0v) is 14.6. The summed E-state index contributed by atoms with van der Waals surface area (Å²) in [5, 5.41) is 3.84. The molecular weight excluding hydrogens is 347 g/mol. The second-order valence-corrected chi connectivity index (χ2v) is 6.41. The van der Waals surface area contributed by atoms with Crippen molar-refractivity contribution in [1.82, 2.24) is 5.32 Å². The standard InChI is InChI=1S/C18H16Cl2N2O2/c1-2-22-16-8-7-12(19)10-13(16)17(23)21-15(18(22)24)9-11-5-3-4-6-14(11)20/h3-8,10,15H,2,9H2,1H3,(H,21,23). The van der Waals surface area contributed by atoms with E-state index in [-0.39, 0.29) is 11.8 Å². The van der Waals surface area contributed by atoms with Crippen molar-refractivity contribution < 1.29 is 9.59 Å². The summed E-state index contributed by atoms with van der Waals surface area (Å²) in [6, 6.07) is 11.6. The van der Waals surface area contributed by atoms with E-state index in [9.17, 15) is 9.59 Å². The highest BCUT2D eigenvalue weighted by molar-refractivity contribution is 6.31. The molecule has 1 atom stereocenters. The molecule has 3 rings (SSSR count). The number of likely N-dealkylation sites (N-methyl/N-ethyl adjacent to an activating group) is 1. The largest absolute Gasteiger partial charge is 0.340 e. The normalized spacial score (nSPS) is 17.3. The first-order chi connectivity index (χ1) is 11.5. The lowest BCUT2D eigenvalue weighted by Crippen LogP contribution is -2.47. The summed E-state index contributed by atoms with van der Waals surface area (Å²) < 4.78 is 0. The van der Waals surface area contributed by atoms with Gasteiger partial charge in [0.2, 0.25) is 5.91 Å². The van der Waals surface area contributed by atoms with E-state index in [1.165, 1.54) is 0 Å². The molecule has 124 valence electrons. The first-order valence-electron chi connectivity index (χ1n) is 7.66. The van der Waals surface area contributed by atoms with E-state index in [0.717, 1.165) is 5.56 Å². The molecular formula is C18H16Cl2N2O2. The fourth-order valence-corrected chi connectivity index (χ4v) is 3.26. The van der Waals surface area contributed by atoms with Crippen LogP contribution in [0.15, 0.2) is 42.5 Å². The maximum atomic E-state index is 12.9. The number of nitrogens with zero attached hydrogens (tertiary/aromatic N) is 1. The van der Waals surface area contributed by atoms with Crippen LogP contribution >= 0.6 is 23.2 Å². The van der Waals surface area contributed by atoms with Gasteiger partial charge in [0.1, 0.15) is 6.04 Å². The van der Waals surface area contributed by atoms with Crippen molar-refractivity contribution in [3.8, 4) is 0 Å². The molecule has 1 aliphatic heterocycles. The Morgan fingerprint density at radius 2 is 1.88 bits per heavy atom. The minimum absolute atomic E-state index is 0.160. The predicted molar refractivity (Wildman–Crippen MR) is 95.9 cm³/mol. The van der Waals surface area contributed by atoms with E-state index in [1.54, 1.807) is 29.2 Å². The molecule has 2 aromatic carbocycles. The van der Waals surface area contributed by atoms with Crippen LogP contribution in [0.2, 0.25) is 10.0 Å². The molecule has 0 aliphatic carbocycles. The van der Waals surface area contributed by atoms with Crippen molar-refractivity contribution in [2.75, 3.05) is 11.4 Å². The average molecular weight is 363 g/mol. The molecule has 24 heavy (non-hydrogen) atoms. The number of nitrogens with one attached hydrogen (secondary N) is 1. The van der Waals surface area contributed by atoms with Crippen molar-refractivity contribution >= 4 is 40.7 Å². The van der Waals surface area contributed by atoms with E-state index in [0.29, 0.717) is 34.3 Å². The summed E-state index contributed by atoms with van der Waals surface area (Å²) in [5.41, 5.74) is 1.79. The van der Waals surface area contributed by atoms with Crippen LogP contribution < -0.4 is 10.2 Å². The maximum Gasteiger partial charge on any atom is 0.254 e. The molecule has 1 unspecified atom stereocenters. The van der Waals surface area contributed by atoms with Crippen molar-refractivity contribution in [1.29, 1.82) is 0 Å². The number of amides is 2. The van der Waals surface area contributed by atoms with E-state index >= 15 is 0 Å². The Hall–Kier alpha value is -2.04. The molecule has 0 fully saturated rings. The second kappa shape index (κ2) is 6.83. The number of anilines is 1. The van der Waals surface area contributed by atoms with Crippen LogP contribution in [0.1, 0.15) is 22.8 Å². The number of hydrogen-bond acceptors (Lipinski definition) is 2. The van der Waals surface area contributed by atoms with Gasteiger partial charge in [-0.3, -0.25) is 9.59 Å². The lowest BCUT2D eigenvalue weighted by Gasteiger charge is -2.24. The summed E-state index contributed by atoms with van der Waals surface area (Å²) in [5.74, 6) is -0.472. The van der Waals surface area contributed by atoms with Crippen LogP contribution in [0.3, 0.4) is 0 Å². The van der Waals surface area contributed by atoms with Gasteiger partial charge in [0, 0.05) is 23.0 Å². The number of fused-ring (bicyclic) bond motifs is 1. The van der Waals surface area contributed by atoms with Crippen LogP contribution in [-0.2, 0) is 11.2 Å². The van der Waals surface area contributed by atoms with Gasteiger partial charge in [0.25, 0.3) is 5.91 Å². The molecule has 0 spiro atoms. The molecule has 1 heterocycles. The lowest BCUT2D eigenvalue weighted by atomic mass is 10.0. The number of benzene rings is 2. The van der Waals surface area contributed by atoms with Crippen molar-refractivity contribution in [3.05, 3.63) is 63.6 Å². The number of carbonyl (C=O) groups is 2. The Kier molecular flexibility index (Phi) is 4.78. The third-order valence-electron chi connectivity index (χ3n) is 4.06. The molecule has 2 amide bonds. The molecule has 0 bridgehead atoms. The number of rotatable bonds is 3. The number of carbonyl (C=O) groups excluding carboxylic acids is 2. The quantitative estimate of drug-likeness (QED) is 0.904. The molecule has 0 saturated carbocycles. The molecule has 6 heteroatoms. The summed E-state index contributed by atoms with van der Waals surface area (Å²) >= 11 is 12.2. The highest BCUT2D eigenvalue weighted by Gasteiger charge is 2.33. The summed E-state index contributed by atoms with van der Waals surface area (Å²) in [6.07, 6.45) is 0.336. The van der Waals surface area contributed by atoms with Gasteiger partial charge in [-0.05, 0) is 36.8 Å². The third-order valence-corrected chi connectivity index (χ3v) is 4.67. The minimum atomic E-state index is -0.677. The topological polar surface area (TPSA) is 49.4 Å². The number of halogens is 2. The second-order valence-electron chi connectivity index (χ2n) is 5.57. The summed E-state index contributed by atoms with van der Waals surface area (Å²) in [4.78, 5) is 27.1. The Bertz CT molecular complexity index is 807. The zero-order chi connectivity index (χ0) is 17.3. The molecule has 0 radical (unpaired) electrons. The molecule has 0 aromatic heterocycles. The molecule has 2 aromatic rings. The van der Waals surface area contributed by atoms with Gasteiger partial charge >= 0.3 is 0 Å². The Labute approximate surface area is 150 Å². The first-order valence-corrected chi connectivity index (χ1v) is 8.42. The molecule has 4 nitrogen and oxygen atoms in total. The third kappa shape index (κ3) is 3.12. The fraction of sp³-hybridized carbons (Fsp3) is 0.222. The van der Waals surface area contributed by atoms with Crippen LogP contribution in [0.25, 0.3) is 0 Å². The van der Waals surface area contributed by atoms with E-state index in [1.807, 2.05) is 25.1 Å². The van der Waals surface area contributed by atoms with Crippen LogP contribution in [-0.4, -0.2) is 24.4 Å². The maximum absolute atomic E-state index is 12.9. The smallest absolute Gasteiger partial charge is 0.254 e. The summed E-state index contributed by atoms with van der Waals surface area (Å²) in [7, 11) is 0.